The van der Waals surface area contributed by atoms with Crippen LogP contribution in [0.15, 0.2) is 48.5 Å². The summed E-state index contributed by atoms with van der Waals surface area (Å²) >= 11 is 0. The second-order valence-electron chi connectivity index (χ2n) is 5.44. The summed E-state index contributed by atoms with van der Waals surface area (Å²) in [6, 6.07) is 17.1. The molecular weight excluding hydrogens is 278 g/mol. The Hall–Kier alpha value is -1.45. The van der Waals surface area contributed by atoms with Crippen molar-refractivity contribution < 1.29 is 4.21 Å². The highest BCUT2D eigenvalue weighted by Crippen LogP contribution is 2.25. The quantitative estimate of drug-likeness (QED) is 0.886. The van der Waals surface area contributed by atoms with Gasteiger partial charge in [-0.25, -0.2) is 0 Å². The average Bonchev–Trinajstić information content (AvgIpc) is 2.45. The Kier molecular flexibility index (Phi) is 5.71. The molecule has 0 aromatic heterocycles. The molecule has 2 aromatic carbocycles. The van der Waals surface area contributed by atoms with Crippen molar-refractivity contribution in [2.24, 2.45) is 0 Å². The van der Waals surface area contributed by atoms with Crippen molar-refractivity contribution in [3.05, 3.63) is 70.8 Å². The van der Waals surface area contributed by atoms with Crippen LogP contribution in [-0.2, 0) is 10.8 Å². The minimum Gasteiger partial charge on any atom is -0.305 e. The summed E-state index contributed by atoms with van der Waals surface area (Å²) in [7, 11) is -0.766. The Bertz CT molecular complexity index is 610. The van der Waals surface area contributed by atoms with Crippen molar-refractivity contribution in [2.75, 3.05) is 18.6 Å². The molecular formula is C18H23NOS. The van der Waals surface area contributed by atoms with Gasteiger partial charge >= 0.3 is 0 Å². The summed E-state index contributed by atoms with van der Waals surface area (Å²) in [6.07, 6.45) is 1.75. The number of aryl methyl sites for hydroxylation is 2. The molecule has 0 aliphatic rings. The zero-order chi connectivity index (χ0) is 15.2. The smallest absolute Gasteiger partial charge is 0.0579 e. The molecule has 21 heavy (non-hydrogen) atoms. The molecule has 0 amide bonds. The third-order valence-corrected chi connectivity index (χ3v) is 4.39. The van der Waals surface area contributed by atoms with E-state index in [1.807, 2.05) is 6.07 Å². The lowest BCUT2D eigenvalue weighted by Crippen LogP contribution is -2.27. The first-order valence-corrected chi connectivity index (χ1v) is 8.96. The van der Waals surface area contributed by atoms with E-state index in [9.17, 15) is 4.21 Å². The van der Waals surface area contributed by atoms with Gasteiger partial charge in [0.2, 0.25) is 0 Å². The van der Waals surface area contributed by atoms with Crippen molar-refractivity contribution in [1.82, 2.24) is 5.32 Å². The lowest BCUT2D eigenvalue weighted by atomic mass is 9.94. The van der Waals surface area contributed by atoms with Gasteiger partial charge in [0.25, 0.3) is 0 Å². The van der Waals surface area contributed by atoms with E-state index in [0.717, 1.165) is 6.54 Å². The van der Waals surface area contributed by atoms with Crippen molar-refractivity contribution in [3.63, 3.8) is 0 Å². The lowest BCUT2D eigenvalue weighted by Gasteiger charge is -2.22. The van der Waals surface area contributed by atoms with Crippen LogP contribution in [0.4, 0.5) is 0 Å². The molecule has 0 saturated heterocycles. The fourth-order valence-electron chi connectivity index (χ4n) is 2.55. The van der Waals surface area contributed by atoms with E-state index >= 15 is 0 Å². The van der Waals surface area contributed by atoms with Gasteiger partial charge in [-0.15, -0.1) is 0 Å². The molecule has 1 N–H and O–H groups in total. The summed E-state index contributed by atoms with van der Waals surface area (Å²) in [5, 5.41) is 3.55. The minimum atomic E-state index is -0.766. The third kappa shape index (κ3) is 4.51. The van der Waals surface area contributed by atoms with E-state index in [4.69, 9.17) is 0 Å². The molecule has 0 bridgehead atoms. The molecule has 0 heterocycles. The van der Waals surface area contributed by atoms with Gasteiger partial charge in [0.15, 0.2) is 0 Å². The molecule has 2 nitrogen and oxygen atoms in total. The zero-order valence-electron chi connectivity index (χ0n) is 12.9. The van der Waals surface area contributed by atoms with E-state index in [1.165, 1.54) is 22.3 Å². The first-order chi connectivity index (χ1) is 10.1. The average molecular weight is 301 g/mol. The predicted octanol–water partition coefficient (Wildman–Crippen LogP) is 3.36. The Morgan fingerprint density at radius 3 is 2.43 bits per heavy atom. The molecule has 0 saturated carbocycles. The fourth-order valence-corrected chi connectivity index (χ4v) is 2.95. The van der Waals surface area contributed by atoms with E-state index in [0.29, 0.717) is 5.75 Å². The van der Waals surface area contributed by atoms with Crippen LogP contribution in [-0.4, -0.2) is 22.8 Å². The topological polar surface area (TPSA) is 29.1 Å². The molecule has 0 aliphatic carbocycles. The molecule has 0 fully saturated rings. The third-order valence-electron chi connectivity index (χ3n) is 3.61. The summed E-state index contributed by atoms with van der Waals surface area (Å²) < 4.78 is 11.3. The van der Waals surface area contributed by atoms with Crippen LogP contribution < -0.4 is 5.32 Å². The molecule has 0 spiro atoms. The molecule has 2 aromatic rings. The van der Waals surface area contributed by atoms with Gasteiger partial charge in [-0.2, -0.15) is 0 Å². The van der Waals surface area contributed by atoms with Gasteiger partial charge in [0.1, 0.15) is 0 Å². The van der Waals surface area contributed by atoms with Gasteiger partial charge in [-0.05, 0) is 30.5 Å². The van der Waals surface area contributed by atoms with E-state index in [-0.39, 0.29) is 6.04 Å². The largest absolute Gasteiger partial charge is 0.305 e. The Labute approximate surface area is 130 Å². The minimum absolute atomic E-state index is 0.148. The standard InChI is InChI=1S/C18H23NOS/c1-14-9-10-17(15(2)13-14)18(19-11-12-21(3)20)16-7-5-4-6-8-16/h4-10,13,18-19H,11-12H2,1-3H3. The van der Waals surface area contributed by atoms with Gasteiger partial charge in [0, 0.05) is 29.4 Å². The normalized spacial score (nSPS) is 13.9. The lowest BCUT2D eigenvalue weighted by molar-refractivity contribution is 0.624. The van der Waals surface area contributed by atoms with Crippen LogP contribution in [0.3, 0.4) is 0 Å². The maximum Gasteiger partial charge on any atom is 0.0579 e. The first-order valence-electron chi connectivity index (χ1n) is 7.23. The maximum absolute atomic E-state index is 11.3. The molecule has 0 radical (unpaired) electrons. The van der Waals surface area contributed by atoms with Gasteiger partial charge < -0.3 is 5.32 Å². The van der Waals surface area contributed by atoms with Gasteiger partial charge in [-0.3, -0.25) is 4.21 Å². The number of hydrogen-bond donors (Lipinski definition) is 1. The molecule has 2 rings (SSSR count). The van der Waals surface area contributed by atoms with Gasteiger partial charge in [-0.1, -0.05) is 54.1 Å². The molecule has 2 unspecified atom stereocenters. The van der Waals surface area contributed by atoms with Crippen LogP contribution in [0.1, 0.15) is 28.3 Å². The Balaban J connectivity index is 2.29. The summed E-state index contributed by atoms with van der Waals surface area (Å²) in [6.45, 7) is 5.01. The molecule has 3 heteroatoms. The maximum atomic E-state index is 11.3. The number of benzene rings is 2. The summed E-state index contributed by atoms with van der Waals surface area (Å²) in [4.78, 5) is 0. The number of rotatable bonds is 6. The second-order valence-corrected chi connectivity index (χ2v) is 6.99. The fraction of sp³-hybridized carbons (Fsp3) is 0.333. The van der Waals surface area contributed by atoms with E-state index in [1.54, 1.807) is 6.26 Å². The van der Waals surface area contributed by atoms with Crippen LogP contribution >= 0.6 is 0 Å². The number of hydrogen-bond acceptors (Lipinski definition) is 2. The SMILES string of the molecule is Cc1ccc(C(NCCS(C)=O)c2ccccc2)c(C)c1. The van der Waals surface area contributed by atoms with Crippen LogP contribution in [0.2, 0.25) is 0 Å². The monoisotopic (exact) mass is 301 g/mol. The summed E-state index contributed by atoms with van der Waals surface area (Å²) in [5.41, 5.74) is 5.09. The number of nitrogens with one attached hydrogen (secondary N) is 1. The van der Waals surface area contributed by atoms with E-state index in [2.05, 4.69) is 61.6 Å². The van der Waals surface area contributed by atoms with Crippen molar-refractivity contribution in [2.45, 2.75) is 19.9 Å². The zero-order valence-corrected chi connectivity index (χ0v) is 13.7. The predicted molar refractivity (Wildman–Crippen MR) is 91.1 cm³/mol. The van der Waals surface area contributed by atoms with E-state index < -0.39 is 10.8 Å². The van der Waals surface area contributed by atoms with Crippen LogP contribution in [0.25, 0.3) is 0 Å². The second kappa shape index (κ2) is 7.53. The van der Waals surface area contributed by atoms with Gasteiger partial charge in [0.05, 0.1) is 6.04 Å². The molecule has 2 atom stereocenters. The van der Waals surface area contributed by atoms with Crippen LogP contribution in [0, 0.1) is 13.8 Å². The van der Waals surface area contributed by atoms with Crippen molar-refractivity contribution >= 4 is 10.8 Å². The Morgan fingerprint density at radius 1 is 1.10 bits per heavy atom. The first kappa shape index (κ1) is 15.9. The summed E-state index contributed by atoms with van der Waals surface area (Å²) in [5.74, 6) is 0.675. The van der Waals surface area contributed by atoms with Crippen molar-refractivity contribution in [1.29, 1.82) is 0 Å². The highest BCUT2D eigenvalue weighted by atomic mass is 32.2. The van der Waals surface area contributed by atoms with Crippen molar-refractivity contribution in [3.8, 4) is 0 Å². The molecule has 112 valence electrons. The molecule has 0 aliphatic heterocycles. The highest BCUT2D eigenvalue weighted by molar-refractivity contribution is 7.84. The Morgan fingerprint density at radius 2 is 1.81 bits per heavy atom. The van der Waals surface area contributed by atoms with Crippen LogP contribution in [0.5, 0.6) is 0 Å². The highest BCUT2D eigenvalue weighted by Gasteiger charge is 2.15.